The number of amides is 4. The molecule has 0 unspecified atom stereocenters. The van der Waals surface area contributed by atoms with Gasteiger partial charge in [-0.3, -0.25) is 0 Å². The first-order chi connectivity index (χ1) is 50.0. The molecule has 2 aromatic carbocycles. The minimum absolute atomic E-state index is 0.0741. The van der Waals surface area contributed by atoms with Gasteiger partial charge in [0.1, 0.15) is 34.0 Å². The third-order valence-electron chi connectivity index (χ3n) is 16.0. The van der Waals surface area contributed by atoms with Crippen LogP contribution in [-0.2, 0) is 18.9 Å². The summed E-state index contributed by atoms with van der Waals surface area (Å²) in [5, 5.41) is 47.7. The molecule has 108 heavy (non-hydrogen) atoms. The monoisotopic (exact) mass is 1660 g/mol. The van der Waals surface area contributed by atoms with E-state index >= 15 is 0 Å². The average Bonchev–Trinajstić information content (AvgIpc) is 0.819. The van der Waals surface area contributed by atoms with Gasteiger partial charge in [0.15, 0.2) is 21.3 Å². The van der Waals surface area contributed by atoms with Gasteiger partial charge in [-0.25, -0.2) is 19.2 Å². The number of nitrogens with two attached hydrogens (primary N) is 6. The van der Waals surface area contributed by atoms with Crippen LogP contribution in [0.5, 0.6) is 0 Å². The fourth-order valence-corrected chi connectivity index (χ4v) is 11.9. The summed E-state index contributed by atoms with van der Waals surface area (Å²) < 4.78 is 21.7. The van der Waals surface area contributed by atoms with E-state index in [1.54, 1.807) is 18.2 Å². The van der Waals surface area contributed by atoms with Gasteiger partial charge in [-0.15, -0.1) is 43.2 Å². The molecule has 0 spiro atoms. The van der Waals surface area contributed by atoms with Crippen molar-refractivity contribution in [3.05, 3.63) is 68.7 Å². The van der Waals surface area contributed by atoms with E-state index < -0.39 is 28.5 Å². The molecule has 6 aromatic rings. The highest BCUT2D eigenvalue weighted by atomic mass is 79.9. The number of piperidine rings is 4. The number of carbonyl (C=O) groups is 4. The van der Waals surface area contributed by atoms with E-state index in [-0.39, 0.29) is 57.4 Å². The van der Waals surface area contributed by atoms with Crippen molar-refractivity contribution in [3.63, 3.8) is 0 Å². The zero-order valence-electron chi connectivity index (χ0n) is 64.2. The molecular formula is C68H106BrCl3N26O8S2. The van der Waals surface area contributed by atoms with Crippen molar-refractivity contribution in [2.24, 2.45) is 0 Å². The van der Waals surface area contributed by atoms with Gasteiger partial charge < -0.3 is 94.6 Å². The lowest BCUT2D eigenvalue weighted by Gasteiger charge is -2.40. The van der Waals surface area contributed by atoms with Crippen molar-refractivity contribution >= 4 is 152 Å². The summed E-state index contributed by atoms with van der Waals surface area (Å²) in [5.74, 6) is 2.71. The number of alkyl carbamates (subject to hydrolysis) is 4. The smallest absolute Gasteiger partial charge is 0.408 e. The van der Waals surface area contributed by atoms with Crippen LogP contribution >= 0.6 is 75.1 Å². The zero-order valence-corrected chi connectivity index (χ0v) is 69.8. The van der Waals surface area contributed by atoms with E-state index in [0.717, 1.165) is 74.5 Å². The second-order valence-corrected chi connectivity index (χ2v) is 34.2. The maximum Gasteiger partial charge on any atom is 0.408 e. The van der Waals surface area contributed by atoms with E-state index in [2.05, 4.69) is 123 Å². The molecule has 4 saturated heterocycles. The topological polar surface area (TPSA) is 486 Å². The number of ether oxygens (including phenoxy) is 4. The fraction of sp³-hybridized carbons (Fsp3) is 0.588. The third kappa shape index (κ3) is 32.5. The molecule has 4 aromatic heterocycles. The van der Waals surface area contributed by atoms with Crippen LogP contribution in [0, 0.1) is 0 Å². The van der Waals surface area contributed by atoms with E-state index in [9.17, 15) is 19.2 Å². The Kier molecular flexibility index (Phi) is 33.0. The Morgan fingerprint density at radius 2 is 0.833 bits per heavy atom. The summed E-state index contributed by atoms with van der Waals surface area (Å²) in [6, 6.07) is 10.7. The van der Waals surface area contributed by atoms with Gasteiger partial charge in [0.25, 0.3) is 0 Å². The lowest BCUT2D eigenvalue weighted by molar-refractivity contribution is 0.0432. The predicted octanol–water partition coefficient (Wildman–Crippen LogP) is 11.1. The predicted molar refractivity (Wildman–Crippen MR) is 430 cm³/mol. The number of hydrogen-bond donors (Lipinski definition) is 12. The molecule has 10 rings (SSSR count). The van der Waals surface area contributed by atoms with E-state index in [4.69, 9.17) is 88.2 Å². The Morgan fingerprint density at radius 1 is 0.481 bits per heavy atom. The van der Waals surface area contributed by atoms with Crippen molar-refractivity contribution in [2.45, 2.75) is 222 Å². The van der Waals surface area contributed by atoms with Crippen molar-refractivity contribution < 1.29 is 38.1 Å². The number of aromatic nitrogens is 12. The molecule has 0 bridgehead atoms. The maximum atomic E-state index is 12.1. The van der Waals surface area contributed by atoms with Crippen molar-refractivity contribution in [1.82, 2.24) is 87.3 Å². The molecule has 0 saturated carbocycles. The third-order valence-corrected chi connectivity index (χ3v) is 19.3. The SMILES string of the molecule is CC1(NC(=O)OC(C)(C)C)CCN(c2nnc(Br)c(N)n2)CC1.CC1(NC(=O)OC(C)(C)C)CCN(c2nnc(Sc3cccc(N)c3Cl)c(N)n2)CC1.CC1(NC(=O)OC(C)(C)C)CCN(c2nncc(N)n2)CC1.CC1(NC(=O)OC(C)(C)C)CCNCC1.Nc1cccc(S)c1Cl.Nc1cnnc(Cl)n1. The first kappa shape index (κ1) is 90.4. The Morgan fingerprint density at radius 3 is 1.18 bits per heavy atom. The summed E-state index contributed by atoms with van der Waals surface area (Å²) in [5.41, 5.74) is 32.0. The van der Waals surface area contributed by atoms with Crippen LogP contribution in [0.4, 0.5) is 71.7 Å². The molecule has 34 nitrogen and oxygen atoms in total. The van der Waals surface area contributed by atoms with Gasteiger partial charge in [0.05, 0.1) is 33.8 Å². The lowest BCUT2D eigenvalue weighted by atomic mass is 9.90. The number of nitrogen functional groups attached to an aromatic ring is 6. The summed E-state index contributed by atoms with van der Waals surface area (Å²) in [6.07, 6.45) is 7.62. The van der Waals surface area contributed by atoms with Crippen LogP contribution in [-0.4, -0.2) is 182 Å². The Bertz CT molecular complexity index is 3900. The molecule has 596 valence electrons. The van der Waals surface area contributed by atoms with Crippen LogP contribution in [0.15, 0.2) is 68.2 Å². The first-order valence-electron chi connectivity index (χ1n) is 34.7. The van der Waals surface area contributed by atoms with Crippen LogP contribution in [0.1, 0.15) is 162 Å². The van der Waals surface area contributed by atoms with Gasteiger partial charge in [0, 0.05) is 71.2 Å². The molecule has 4 aliphatic rings. The number of thiol groups is 1. The maximum absolute atomic E-state index is 12.1. The van der Waals surface area contributed by atoms with Gasteiger partial charge in [0.2, 0.25) is 23.1 Å². The normalized spacial score (nSPS) is 16.4. The largest absolute Gasteiger partial charge is 0.444 e. The Hall–Kier alpha value is -8.23. The molecule has 0 aliphatic carbocycles. The van der Waals surface area contributed by atoms with E-state index in [0.29, 0.717) is 99.6 Å². The standard InChI is InChI=1S/C20H28ClN7O2S.C14H23BrN6O2.C14H24N6O2.C11H22N2O2.C6H6ClNS.C3H3ClN4/c1-19(2,3)30-18(29)25-20(4)8-10-28(11-9-20)17-24-15(23)16(26-27-17)31-13-7-5-6-12(22)14(13)21;1-13(2,3)23-12(22)18-14(4)5-7-21(8-6-14)11-17-10(16)9(15)19-20-11;1-13(2,3)22-12(21)18-14(4)5-7-20(8-6-14)11-17-10(15)9-16-19-11;1-10(2,3)15-9(14)13-11(4)5-7-12-8-6-11;7-6-4(8)2-1-3-5(6)9;4-3-7-2(5)1-6-8-3/h5-7H,8-11,22H2,1-4H3,(H,25,29)(H2,23,24,27);5-8H2,1-4H3,(H,18,22)(H2,16,17,20);9H,5-8H2,1-4H3,(H,18,21)(H2,15,17,19);12H,5-8H2,1-4H3,(H,13,14);1-3,9H,8H2;1H,(H2,5,7,8). The molecule has 4 aliphatic heterocycles. The molecule has 8 heterocycles. The minimum atomic E-state index is -0.534. The molecule has 4 amide bonds. The minimum Gasteiger partial charge on any atom is -0.444 e. The second-order valence-electron chi connectivity index (χ2n) is 30.8. The van der Waals surface area contributed by atoms with Crippen LogP contribution < -0.4 is 75.7 Å². The number of benzene rings is 2. The summed E-state index contributed by atoms with van der Waals surface area (Å²) >= 11 is 25.7. The molecule has 0 radical (unpaired) electrons. The van der Waals surface area contributed by atoms with Gasteiger partial charge in [-0.2, -0.15) is 30.1 Å². The molecule has 40 heteroatoms. The molecule has 17 N–H and O–H groups in total. The second kappa shape index (κ2) is 39.4. The fourth-order valence-electron chi connectivity index (χ4n) is 10.2. The molecule has 0 atom stereocenters. The van der Waals surface area contributed by atoms with Gasteiger partial charge in [-0.05, 0) is 227 Å². The number of nitrogens with one attached hydrogen (secondary N) is 5. The van der Waals surface area contributed by atoms with Crippen molar-refractivity contribution in [3.8, 4) is 0 Å². The number of rotatable bonds is 9. The number of halogens is 4. The molecule has 4 fully saturated rings. The Balaban J connectivity index is 0.000000245. The van der Waals surface area contributed by atoms with Crippen molar-refractivity contribution in [2.75, 3.05) is 101 Å². The lowest BCUT2D eigenvalue weighted by Crippen LogP contribution is -2.54. The van der Waals surface area contributed by atoms with E-state index in [1.807, 2.05) is 137 Å². The first-order valence-corrected chi connectivity index (χ1v) is 37.9. The van der Waals surface area contributed by atoms with Crippen LogP contribution in [0.25, 0.3) is 0 Å². The summed E-state index contributed by atoms with van der Waals surface area (Å²) in [4.78, 5) is 71.5. The van der Waals surface area contributed by atoms with Crippen LogP contribution in [0.2, 0.25) is 15.3 Å². The van der Waals surface area contributed by atoms with Crippen LogP contribution in [0.3, 0.4) is 0 Å². The van der Waals surface area contributed by atoms with Crippen molar-refractivity contribution in [1.29, 1.82) is 0 Å². The average molecular weight is 1670 g/mol. The Labute approximate surface area is 665 Å². The van der Waals surface area contributed by atoms with Gasteiger partial charge in [-0.1, -0.05) is 47.1 Å². The summed E-state index contributed by atoms with van der Waals surface area (Å²) in [7, 11) is 0. The zero-order chi connectivity index (χ0) is 80.8. The number of carbonyl (C=O) groups excluding carboxylic acids is 4. The highest BCUT2D eigenvalue weighted by Gasteiger charge is 2.38. The summed E-state index contributed by atoms with van der Waals surface area (Å²) in [6.45, 7) is 36.4. The quantitative estimate of drug-likeness (QED) is 0.0363. The highest BCUT2D eigenvalue weighted by Crippen LogP contribution is 2.38. The van der Waals surface area contributed by atoms with Gasteiger partial charge >= 0.3 is 24.4 Å². The number of anilines is 9. The highest BCUT2D eigenvalue weighted by molar-refractivity contribution is 9.10. The molecular weight excluding hydrogens is 1560 g/mol. The van der Waals surface area contributed by atoms with E-state index in [1.165, 1.54) is 24.2 Å². The number of hydrogen-bond acceptors (Lipinski definition) is 32. The number of nitrogens with zero attached hydrogens (tertiary/aromatic N) is 15.